The molecule has 0 N–H and O–H groups in total. The van der Waals surface area contributed by atoms with E-state index in [0.29, 0.717) is 30.4 Å². The molecule has 2 nitrogen and oxygen atoms in total. The van der Waals surface area contributed by atoms with Gasteiger partial charge in [0.25, 0.3) is 9.05 Å². The standard InChI is InChI=1S/C11H12ClFO2S/c1-11(13)7-3-4-8-9(11)5-2-6-10(8)16(12,14)15/h2,5-6H,3-4,7H2,1H3. The van der Waals surface area contributed by atoms with Gasteiger partial charge in [-0.15, -0.1) is 0 Å². The van der Waals surface area contributed by atoms with E-state index in [4.69, 9.17) is 10.7 Å². The lowest BCUT2D eigenvalue weighted by Gasteiger charge is -2.29. The number of hydrogen-bond donors (Lipinski definition) is 0. The summed E-state index contributed by atoms with van der Waals surface area (Å²) in [5.74, 6) is 0. The molecule has 0 heterocycles. The first-order valence-electron chi connectivity index (χ1n) is 5.08. The summed E-state index contributed by atoms with van der Waals surface area (Å²) in [6, 6.07) is 4.61. The lowest BCUT2D eigenvalue weighted by molar-refractivity contribution is 0.161. The van der Waals surface area contributed by atoms with Crippen molar-refractivity contribution in [2.75, 3.05) is 0 Å². The fraction of sp³-hybridized carbons (Fsp3) is 0.455. The third-order valence-electron chi connectivity index (χ3n) is 3.03. The highest BCUT2D eigenvalue weighted by Gasteiger charge is 2.34. The van der Waals surface area contributed by atoms with Crippen molar-refractivity contribution in [2.45, 2.75) is 36.8 Å². The number of fused-ring (bicyclic) bond motifs is 1. The van der Waals surface area contributed by atoms with Gasteiger partial charge in [-0.2, -0.15) is 0 Å². The zero-order valence-electron chi connectivity index (χ0n) is 8.83. The Bertz CT molecular complexity index is 523. The van der Waals surface area contributed by atoms with Crippen LogP contribution in [0.3, 0.4) is 0 Å². The molecule has 1 aromatic rings. The Morgan fingerprint density at radius 2 is 2.12 bits per heavy atom. The van der Waals surface area contributed by atoms with E-state index < -0.39 is 14.7 Å². The van der Waals surface area contributed by atoms with E-state index in [1.807, 2.05) is 0 Å². The van der Waals surface area contributed by atoms with Crippen molar-refractivity contribution in [2.24, 2.45) is 0 Å². The Hall–Kier alpha value is -0.610. The van der Waals surface area contributed by atoms with E-state index in [1.165, 1.54) is 19.1 Å². The number of alkyl halides is 1. The van der Waals surface area contributed by atoms with E-state index in [0.717, 1.165) is 0 Å². The van der Waals surface area contributed by atoms with Crippen molar-refractivity contribution in [1.29, 1.82) is 0 Å². The van der Waals surface area contributed by atoms with Crippen LogP contribution in [0.2, 0.25) is 0 Å². The lowest BCUT2D eigenvalue weighted by Crippen LogP contribution is -2.23. The van der Waals surface area contributed by atoms with E-state index in [9.17, 15) is 12.8 Å². The molecule has 5 heteroatoms. The maximum Gasteiger partial charge on any atom is 0.261 e. The monoisotopic (exact) mass is 262 g/mol. The van der Waals surface area contributed by atoms with Crippen LogP contribution in [-0.4, -0.2) is 8.42 Å². The summed E-state index contributed by atoms with van der Waals surface area (Å²) in [6.07, 6.45) is 1.63. The molecule has 0 spiro atoms. The van der Waals surface area contributed by atoms with E-state index in [2.05, 4.69) is 0 Å². The van der Waals surface area contributed by atoms with E-state index >= 15 is 0 Å². The Labute approximate surface area is 98.8 Å². The summed E-state index contributed by atoms with van der Waals surface area (Å²) >= 11 is 0. The molecule has 88 valence electrons. The van der Waals surface area contributed by atoms with Crippen LogP contribution in [-0.2, 0) is 21.1 Å². The van der Waals surface area contributed by atoms with E-state index in [-0.39, 0.29) is 4.90 Å². The SMILES string of the molecule is CC1(F)CCCc2c1cccc2S(=O)(=O)Cl. The highest BCUT2D eigenvalue weighted by molar-refractivity contribution is 8.13. The quantitative estimate of drug-likeness (QED) is 0.729. The second-order valence-corrected chi connectivity index (χ2v) is 6.81. The van der Waals surface area contributed by atoms with Crippen LogP contribution in [0.1, 0.15) is 30.9 Å². The van der Waals surface area contributed by atoms with Gasteiger partial charge in [0.05, 0.1) is 4.90 Å². The van der Waals surface area contributed by atoms with Gasteiger partial charge >= 0.3 is 0 Å². The maximum absolute atomic E-state index is 14.2. The highest BCUT2D eigenvalue weighted by atomic mass is 35.7. The van der Waals surface area contributed by atoms with Gasteiger partial charge in [-0.25, -0.2) is 12.8 Å². The van der Waals surface area contributed by atoms with Crippen LogP contribution in [0.15, 0.2) is 23.1 Å². The Kier molecular flexibility index (Phi) is 2.75. The van der Waals surface area contributed by atoms with Gasteiger partial charge in [-0.1, -0.05) is 12.1 Å². The van der Waals surface area contributed by atoms with Gasteiger partial charge < -0.3 is 0 Å². The molecule has 16 heavy (non-hydrogen) atoms. The average Bonchev–Trinajstić information content (AvgIpc) is 2.15. The van der Waals surface area contributed by atoms with Crippen LogP contribution >= 0.6 is 10.7 Å². The van der Waals surface area contributed by atoms with Crippen molar-refractivity contribution in [3.05, 3.63) is 29.3 Å². The first kappa shape index (κ1) is 11.9. The summed E-state index contributed by atoms with van der Waals surface area (Å²) in [7, 11) is 1.55. The summed E-state index contributed by atoms with van der Waals surface area (Å²) in [5, 5.41) is 0. The van der Waals surface area contributed by atoms with Crippen LogP contribution < -0.4 is 0 Å². The predicted molar refractivity (Wildman–Crippen MR) is 60.9 cm³/mol. The van der Waals surface area contributed by atoms with Gasteiger partial charge in [0, 0.05) is 10.7 Å². The van der Waals surface area contributed by atoms with Crippen LogP contribution in [0.25, 0.3) is 0 Å². The van der Waals surface area contributed by atoms with Crippen molar-refractivity contribution in [3.8, 4) is 0 Å². The fourth-order valence-corrected chi connectivity index (χ4v) is 3.45. The maximum atomic E-state index is 14.2. The highest BCUT2D eigenvalue weighted by Crippen LogP contribution is 2.40. The zero-order chi connectivity index (χ0) is 12.0. The number of halogens is 2. The Morgan fingerprint density at radius 1 is 1.44 bits per heavy atom. The molecule has 0 aliphatic heterocycles. The Balaban J connectivity index is 2.70. The topological polar surface area (TPSA) is 34.1 Å². The van der Waals surface area contributed by atoms with Crippen LogP contribution in [0.4, 0.5) is 4.39 Å². The molecular formula is C11H12ClFO2S. The molecule has 0 radical (unpaired) electrons. The lowest BCUT2D eigenvalue weighted by atomic mass is 9.82. The third kappa shape index (κ3) is 1.96. The van der Waals surface area contributed by atoms with Gasteiger partial charge in [-0.3, -0.25) is 0 Å². The summed E-state index contributed by atoms with van der Waals surface area (Å²) in [4.78, 5) is 0.0511. The molecule has 0 amide bonds. The minimum atomic E-state index is -3.79. The molecular weight excluding hydrogens is 251 g/mol. The number of benzene rings is 1. The first-order valence-corrected chi connectivity index (χ1v) is 7.39. The molecule has 0 bridgehead atoms. The molecule has 2 rings (SSSR count). The summed E-state index contributed by atoms with van der Waals surface area (Å²) in [5.41, 5.74) is -0.459. The fourth-order valence-electron chi connectivity index (χ4n) is 2.27. The molecule has 1 aliphatic carbocycles. The minimum absolute atomic E-state index is 0.0511. The molecule has 1 unspecified atom stereocenters. The van der Waals surface area contributed by atoms with Crippen LogP contribution in [0, 0.1) is 0 Å². The minimum Gasteiger partial charge on any atom is -0.239 e. The molecule has 1 atom stereocenters. The van der Waals surface area contributed by atoms with Gasteiger partial charge in [0.1, 0.15) is 5.67 Å². The molecule has 1 aliphatic rings. The average molecular weight is 263 g/mol. The predicted octanol–water partition coefficient (Wildman–Crippen LogP) is 3.14. The molecule has 0 saturated heterocycles. The molecule has 0 aromatic heterocycles. The van der Waals surface area contributed by atoms with Crippen molar-refractivity contribution >= 4 is 19.7 Å². The third-order valence-corrected chi connectivity index (χ3v) is 4.44. The second kappa shape index (κ2) is 3.70. The smallest absolute Gasteiger partial charge is 0.239 e. The molecule has 0 saturated carbocycles. The normalized spacial score (nSPS) is 25.2. The largest absolute Gasteiger partial charge is 0.261 e. The Morgan fingerprint density at radius 3 is 2.75 bits per heavy atom. The van der Waals surface area contributed by atoms with Crippen LogP contribution in [0.5, 0.6) is 0 Å². The molecule has 0 fully saturated rings. The zero-order valence-corrected chi connectivity index (χ0v) is 10.4. The second-order valence-electron chi connectivity index (χ2n) is 4.27. The number of hydrogen-bond acceptors (Lipinski definition) is 2. The molecule has 1 aromatic carbocycles. The summed E-state index contributed by atoms with van der Waals surface area (Å²) < 4.78 is 36.9. The van der Waals surface area contributed by atoms with Gasteiger partial charge in [0.15, 0.2) is 0 Å². The van der Waals surface area contributed by atoms with Gasteiger partial charge in [0.2, 0.25) is 0 Å². The van der Waals surface area contributed by atoms with Crippen molar-refractivity contribution in [3.63, 3.8) is 0 Å². The van der Waals surface area contributed by atoms with Gasteiger partial charge in [-0.05, 0) is 43.4 Å². The number of rotatable bonds is 1. The van der Waals surface area contributed by atoms with Crippen molar-refractivity contribution < 1.29 is 12.8 Å². The van der Waals surface area contributed by atoms with Crippen molar-refractivity contribution in [1.82, 2.24) is 0 Å². The summed E-state index contributed by atoms with van der Waals surface area (Å²) in [6.45, 7) is 1.48. The first-order chi connectivity index (χ1) is 7.32. The van der Waals surface area contributed by atoms with E-state index in [1.54, 1.807) is 6.07 Å².